The molecular formula is C13H12FN3O. The third-order valence-electron chi connectivity index (χ3n) is 2.59. The van der Waals surface area contributed by atoms with Crippen molar-refractivity contribution in [2.24, 2.45) is 0 Å². The first-order chi connectivity index (χ1) is 8.63. The van der Waals surface area contributed by atoms with Crippen molar-refractivity contribution in [3.05, 3.63) is 52.9 Å². The van der Waals surface area contributed by atoms with Crippen molar-refractivity contribution in [3.63, 3.8) is 0 Å². The predicted octanol–water partition coefficient (Wildman–Crippen LogP) is 2.11. The standard InChI is InChI=1S/C13H12FN3O/c1-3-12-10(6-8(2)16-17-12)13(18)9-4-5-15-7-11(9)14/h4-7H,3H2,1-2H3. The molecule has 0 unspecified atom stereocenters. The summed E-state index contributed by atoms with van der Waals surface area (Å²) in [5.41, 5.74) is 1.61. The van der Waals surface area contributed by atoms with E-state index < -0.39 is 5.82 Å². The number of hydrogen-bond donors (Lipinski definition) is 0. The lowest BCUT2D eigenvalue weighted by Gasteiger charge is -2.06. The van der Waals surface area contributed by atoms with Gasteiger partial charge in [0.2, 0.25) is 0 Å². The molecule has 2 heterocycles. The molecule has 2 aromatic rings. The van der Waals surface area contributed by atoms with E-state index in [4.69, 9.17) is 0 Å². The van der Waals surface area contributed by atoms with Gasteiger partial charge in [0.25, 0.3) is 0 Å². The van der Waals surface area contributed by atoms with Crippen molar-refractivity contribution in [2.45, 2.75) is 20.3 Å². The second kappa shape index (κ2) is 5.00. The zero-order valence-electron chi connectivity index (χ0n) is 10.1. The molecule has 0 aromatic carbocycles. The van der Waals surface area contributed by atoms with Crippen LogP contribution in [0.15, 0.2) is 24.5 Å². The largest absolute Gasteiger partial charge is 0.288 e. The van der Waals surface area contributed by atoms with Gasteiger partial charge < -0.3 is 0 Å². The second-order valence-electron chi connectivity index (χ2n) is 3.88. The lowest BCUT2D eigenvalue weighted by molar-refractivity contribution is 0.103. The lowest BCUT2D eigenvalue weighted by Crippen LogP contribution is -2.10. The lowest BCUT2D eigenvalue weighted by atomic mass is 10.0. The number of pyridine rings is 1. The molecule has 0 bridgehead atoms. The van der Waals surface area contributed by atoms with Crippen molar-refractivity contribution < 1.29 is 9.18 Å². The summed E-state index contributed by atoms with van der Waals surface area (Å²) in [6.07, 6.45) is 2.99. The highest BCUT2D eigenvalue weighted by Gasteiger charge is 2.18. The van der Waals surface area contributed by atoms with Gasteiger partial charge in [-0.25, -0.2) is 4.39 Å². The molecule has 18 heavy (non-hydrogen) atoms. The number of carbonyl (C=O) groups excluding carboxylic acids is 1. The summed E-state index contributed by atoms with van der Waals surface area (Å²) in [7, 11) is 0. The SMILES string of the molecule is CCc1nnc(C)cc1C(=O)c1ccncc1F. The van der Waals surface area contributed by atoms with Crippen molar-refractivity contribution in [1.82, 2.24) is 15.2 Å². The van der Waals surface area contributed by atoms with Crippen LogP contribution in [-0.4, -0.2) is 21.0 Å². The molecule has 2 rings (SSSR count). The van der Waals surface area contributed by atoms with Gasteiger partial charge in [0.05, 0.1) is 23.1 Å². The van der Waals surface area contributed by atoms with Gasteiger partial charge in [-0.15, -0.1) is 0 Å². The van der Waals surface area contributed by atoms with Crippen LogP contribution in [0.4, 0.5) is 4.39 Å². The maximum atomic E-state index is 13.5. The van der Waals surface area contributed by atoms with Crippen LogP contribution in [0.3, 0.4) is 0 Å². The molecule has 4 nitrogen and oxygen atoms in total. The quantitative estimate of drug-likeness (QED) is 0.777. The Bertz CT molecular complexity index is 599. The molecule has 5 heteroatoms. The molecule has 0 amide bonds. The Kier molecular flexibility index (Phi) is 3.41. The van der Waals surface area contributed by atoms with Crippen LogP contribution in [0.1, 0.15) is 34.2 Å². The summed E-state index contributed by atoms with van der Waals surface area (Å²) in [6.45, 7) is 3.62. The van der Waals surface area contributed by atoms with E-state index in [2.05, 4.69) is 15.2 Å². The van der Waals surface area contributed by atoms with Gasteiger partial charge in [-0.3, -0.25) is 9.78 Å². The highest BCUT2D eigenvalue weighted by molar-refractivity contribution is 6.09. The molecule has 0 saturated heterocycles. The first-order valence-electron chi connectivity index (χ1n) is 5.61. The number of ketones is 1. The van der Waals surface area contributed by atoms with E-state index in [9.17, 15) is 9.18 Å². The number of hydrogen-bond acceptors (Lipinski definition) is 4. The Morgan fingerprint density at radius 1 is 1.33 bits per heavy atom. The summed E-state index contributed by atoms with van der Waals surface area (Å²) in [4.78, 5) is 15.9. The average molecular weight is 245 g/mol. The Hall–Kier alpha value is -2.17. The maximum absolute atomic E-state index is 13.5. The van der Waals surface area contributed by atoms with Gasteiger partial charge in [-0.1, -0.05) is 6.92 Å². The van der Waals surface area contributed by atoms with E-state index >= 15 is 0 Å². The fourth-order valence-electron chi connectivity index (χ4n) is 1.68. The topological polar surface area (TPSA) is 55.7 Å². The molecule has 92 valence electrons. The van der Waals surface area contributed by atoms with Gasteiger partial charge in [-0.2, -0.15) is 10.2 Å². The van der Waals surface area contributed by atoms with Crippen LogP contribution in [0.5, 0.6) is 0 Å². The van der Waals surface area contributed by atoms with Crippen LogP contribution in [0, 0.1) is 12.7 Å². The highest BCUT2D eigenvalue weighted by Crippen LogP contribution is 2.15. The van der Waals surface area contributed by atoms with Gasteiger partial charge in [0, 0.05) is 11.8 Å². The second-order valence-corrected chi connectivity index (χ2v) is 3.88. The van der Waals surface area contributed by atoms with Gasteiger partial charge in [0.1, 0.15) is 0 Å². The fraction of sp³-hybridized carbons (Fsp3) is 0.231. The van der Waals surface area contributed by atoms with Crippen molar-refractivity contribution in [1.29, 1.82) is 0 Å². The Balaban J connectivity index is 2.52. The summed E-state index contributed by atoms with van der Waals surface area (Å²) in [6, 6.07) is 3.00. The highest BCUT2D eigenvalue weighted by atomic mass is 19.1. The third kappa shape index (κ3) is 2.25. The van der Waals surface area contributed by atoms with Crippen LogP contribution in [-0.2, 0) is 6.42 Å². The number of carbonyl (C=O) groups is 1. The average Bonchev–Trinajstić information content (AvgIpc) is 2.38. The summed E-state index contributed by atoms with van der Waals surface area (Å²) >= 11 is 0. The van der Waals surface area contributed by atoms with Crippen molar-refractivity contribution in [2.75, 3.05) is 0 Å². The number of aryl methyl sites for hydroxylation is 2. The molecule has 0 aliphatic rings. The predicted molar refractivity (Wildman–Crippen MR) is 63.8 cm³/mol. The molecule has 0 saturated carbocycles. The van der Waals surface area contributed by atoms with Crippen LogP contribution in [0.25, 0.3) is 0 Å². The zero-order chi connectivity index (χ0) is 13.1. The van der Waals surface area contributed by atoms with E-state index in [0.717, 1.165) is 6.20 Å². The molecule has 0 N–H and O–H groups in total. The van der Waals surface area contributed by atoms with E-state index in [1.165, 1.54) is 12.3 Å². The Labute approximate surface area is 104 Å². The van der Waals surface area contributed by atoms with E-state index in [1.54, 1.807) is 13.0 Å². The van der Waals surface area contributed by atoms with Gasteiger partial charge in [-0.05, 0) is 25.5 Å². The normalized spacial score (nSPS) is 10.4. The maximum Gasteiger partial charge on any atom is 0.198 e. The number of rotatable bonds is 3. The molecular weight excluding hydrogens is 233 g/mol. The minimum Gasteiger partial charge on any atom is -0.288 e. The molecule has 0 radical (unpaired) electrons. The fourth-order valence-corrected chi connectivity index (χ4v) is 1.68. The Morgan fingerprint density at radius 2 is 2.11 bits per heavy atom. The van der Waals surface area contributed by atoms with Crippen LogP contribution >= 0.6 is 0 Å². The summed E-state index contributed by atoms with van der Waals surface area (Å²) < 4.78 is 13.5. The Morgan fingerprint density at radius 3 is 2.78 bits per heavy atom. The molecule has 0 spiro atoms. The van der Waals surface area contributed by atoms with E-state index in [0.29, 0.717) is 23.4 Å². The minimum atomic E-state index is -0.626. The smallest absolute Gasteiger partial charge is 0.198 e. The summed E-state index contributed by atoms with van der Waals surface area (Å²) in [5, 5.41) is 7.86. The third-order valence-corrected chi connectivity index (χ3v) is 2.59. The monoisotopic (exact) mass is 245 g/mol. The molecule has 0 aliphatic carbocycles. The van der Waals surface area contributed by atoms with Gasteiger partial charge in [0.15, 0.2) is 11.6 Å². The molecule has 0 fully saturated rings. The van der Waals surface area contributed by atoms with Crippen LogP contribution in [0.2, 0.25) is 0 Å². The van der Waals surface area contributed by atoms with E-state index in [-0.39, 0.29) is 11.3 Å². The number of halogens is 1. The molecule has 2 aromatic heterocycles. The number of aromatic nitrogens is 3. The first kappa shape index (κ1) is 12.3. The first-order valence-corrected chi connectivity index (χ1v) is 5.61. The van der Waals surface area contributed by atoms with Crippen LogP contribution < -0.4 is 0 Å². The van der Waals surface area contributed by atoms with Crippen molar-refractivity contribution >= 4 is 5.78 Å². The van der Waals surface area contributed by atoms with Crippen molar-refractivity contribution in [3.8, 4) is 0 Å². The van der Waals surface area contributed by atoms with E-state index in [1.807, 2.05) is 6.92 Å². The molecule has 0 aliphatic heterocycles. The van der Waals surface area contributed by atoms with Gasteiger partial charge >= 0.3 is 0 Å². The minimum absolute atomic E-state index is 0.00657. The zero-order valence-corrected chi connectivity index (χ0v) is 10.1. The summed E-state index contributed by atoms with van der Waals surface area (Å²) in [5.74, 6) is -1.01. The molecule has 0 atom stereocenters. The number of nitrogens with zero attached hydrogens (tertiary/aromatic N) is 3.